The highest BCUT2D eigenvalue weighted by molar-refractivity contribution is 7.09. The lowest BCUT2D eigenvalue weighted by molar-refractivity contribution is -0.119. The Kier molecular flexibility index (Phi) is 7.32. The molecule has 0 aromatic carbocycles. The number of hydrogen-bond acceptors (Lipinski definition) is 5. The molecule has 6 heteroatoms. The lowest BCUT2D eigenvalue weighted by Gasteiger charge is -2.33. The zero-order valence-corrected chi connectivity index (χ0v) is 14.0. The number of amides is 1. The number of nitrogens with one attached hydrogen (secondary N) is 1. The number of piperidine rings is 1. The highest BCUT2D eigenvalue weighted by Gasteiger charge is 2.21. The minimum Gasteiger partial charge on any atom is -0.389 e. The van der Waals surface area contributed by atoms with Gasteiger partial charge < -0.3 is 20.1 Å². The van der Waals surface area contributed by atoms with Crippen LogP contribution < -0.4 is 5.32 Å². The van der Waals surface area contributed by atoms with Crippen LogP contribution in [-0.2, 0) is 16.1 Å². The summed E-state index contributed by atoms with van der Waals surface area (Å²) in [6.45, 7) is 5.80. The van der Waals surface area contributed by atoms with Gasteiger partial charge in [-0.15, -0.1) is 11.3 Å². The van der Waals surface area contributed by atoms with Crippen molar-refractivity contribution in [2.45, 2.75) is 32.5 Å². The topological polar surface area (TPSA) is 61.8 Å². The summed E-state index contributed by atoms with van der Waals surface area (Å²) in [4.78, 5) is 14.4. The van der Waals surface area contributed by atoms with Gasteiger partial charge in [-0.05, 0) is 36.8 Å². The van der Waals surface area contributed by atoms with Crippen molar-refractivity contribution in [3.8, 4) is 0 Å². The van der Waals surface area contributed by atoms with Crippen molar-refractivity contribution < 1.29 is 14.6 Å². The summed E-state index contributed by atoms with van der Waals surface area (Å²) < 4.78 is 5.56. The molecule has 0 aliphatic carbocycles. The van der Waals surface area contributed by atoms with Gasteiger partial charge in [0.05, 0.1) is 19.3 Å². The molecule has 0 spiro atoms. The van der Waals surface area contributed by atoms with E-state index in [4.69, 9.17) is 4.74 Å². The van der Waals surface area contributed by atoms with Crippen LogP contribution in [0, 0.1) is 5.92 Å². The number of thiophene rings is 1. The minimum atomic E-state index is -0.459. The SMILES string of the molecule is CC(=O)NCC1CCCN(CC(O)COCc2cccs2)C1. The van der Waals surface area contributed by atoms with E-state index in [1.54, 1.807) is 18.3 Å². The van der Waals surface area contributed by atoms with Crippen molar-refractivity contribution in [2.24, 2.45) is 5.92 Å². The lowest BCUT2D eigenvalue weighted by atomic mass is 9.97. The molecule has 22 heavy (non-hydrogen) atoms. The average Bonchev–Trinajstić information content (AvgIpc) is 2.99. The maximum absolute atomic E-state index is 11.0. The van der Waals surface area contributed by atoms with Gasteiger partial charge in [0.15, 0.2) is 0 Å². The van der Waals surface area contributed by atoms with E-state index in [-0.39, 0.29) is 5.91 Å². The van der Waals surface area contributed by atoms with Gasteiger partial charge in [-0.3, -0.25) is 4.79 Å². The van der Waals surface area contributed by atoms with E-state index >= 15 is 0 Å². The third-order valence-electron chi connectivity index (χ3n) is 3.85. The number of hydrogen-bond donors (Lipinski definition) is 2. The molecule has 2 rings (SSSR count). The lowest BCUT2D eigenvalue weighted by Crippen LogP contribution is -2.44. The molecular formula is C16H26N2O3S. The first-order chi connectivity index (χ1) is 10.6. The first kappa shape index (κ1) is 17.4. The van der Waals surface area contributed by atoms with Gasteiger partial charge in [0.25, 0.3) is 0 Å². The van der Waals surface area contributed by atoms with Crippen molar-refractivity contribution in [3.63, 3.8) is 0 Å². The van der Waals surface area contributed by atoms with E-state index in [9.17, 15) is 9.90 Å². The van der Waals surface area contributed by atoms with Crippen LogP contribution in [0.3, 0.4) is 0 Å². The predicted molar refractivity (Wildman–Crippen MR) is 87.8 cm³/mol. The molecule has 0 radical (unpaired) electrons. The van der Waals surface area contributed by atoms with Crippen molar-refractivity contribution >= 4 is 17.2 Å². The number of likely N-dealkylation sites (tertiary alicyclic amines) is 1. The molecule has 2 unspecified atom stereocenters. The summed E-state index contributed by atoms with van der Waals surface area (Å²) in [6, 6.07) is 4.04. The third kappa shape index (κ3) is 6.44. The quantitative estimate of drug-likeness (QED) is 0.759. The second-order valence-corrected chi connectivity index (χ2v) is 6.99. The number of nitrogens with zero attached hydrogens (tertiary/aromatic N) is 1. The second kappa shape index (κ2) is 9.25. The molecule has 1 aromatic rings. The van der Waals surface area contributed by atoms with E-state index in [0.29, 0.717) is 25.7 Å². The monoisotopic (exact) mass is 326 g/mol. The molecule has 1 fully saturated rings. The number of ether oxygens (including phenoxy) is 1. The summed E-state index contributed by atoms with van der Waals surface area (Å²) in [5.41, 5.74) is 0. The predicted octanol–water partition coefficient (Wildman–Crippen LogP) is 1.47. The molecule has 2 atom stereocenters. The second-order valence-electron chi connectivity index (χ2n) is 5.95. The Morgan fingerprint density at radius 1 is 1.64 bits per heavy atom. The van der Waals surface area contributed by atoms with E-state index in [1.807, 2.05) is 17.5 Å². The minimum absolute atomic E-state index is 0.0270. The first-order valence-corrected chi connectivity index (χ1v) is 8.76. The van der Waals surface area contributed by atoms with Crippen LogP contribution in [0.4, 0.5) is 0 Å². The molecule has 0 saturated carbocycles. The summed E-state index contributed by atoms with van der Waals surface area (Å²) in [5.74, 6) is 0.510. The highest BCUT2D eigenvalue weighted by atomic mass is 32.1. The fourth-order valence-corrected chi connectivity index (χ4v) is 3.45. The fourth-order valence-electron chi connectivity index (χ4n) is 2.81. The Balaban J connectivity index is 1.62. The van der Waals surface area contributed by atoms with Crippen LogP contribution in [-0.4, -0.2) is 54.8 Å². The molecule has 1 aliphatic rings. The summed E-state index contributed by atoms with van der Waals surface area (Å²) in [6.07, 6.45) is 1.80. The number of carbonyl (C=O) groups is 1. The van der Waals surface area contributed by atoms with Crippen molar-refractivity contribution in [1.29, 1.82) is 0 Å². The zero-order chi connectivity index (χ0) is 15.8. The van der Waals surface area contributed by atoms with Gasteiger partial charge in [0.2, 0.25) is 5.91 Å². The van der Waals surface area contributed by atoms with Crippen molar-refractivity contribution in [1.82, 2.24) is 10.2 Å². The molecular weight excluding hydrogens is 300 g/mol. The zero-order valence-electron chi connectivity index (χ0n) is 13.2. The Morgan fingerprint density at radius 2 is 2.50 bits per heavy atom. The van der Waals surface area contributed by atoms with Gasteiger partial charge in [-0.1, -0.05) is 6.07 Å². The maximum Gasteiger partial charge on any atom is 0.216 e. The summed E-state index contributed by atoms with van der Waals surface area (Å²) in [5, 5.41) is 15.0. The molecule has 2 heterocycles. The molecule has 5 nitrogen and oxygen atoms in total. The van der Waals surface area contributed by atoms with Crippen LogP contribution in [0.25, 0.3) is 0 Å². The number of aliphatic hydroxyl groups is 1. The van der Waals surface area contributed by atoms with Crippen LogP contribution in [0.15, 0.2) is 17.5 Å². The Hall–Kier alpha value is -0.950. The summed E-state index contributed by atoms with van der Waals surface area (Å²) in [7, 11) is 0. The summed E-state index contributed by atoms with van der Waals surface area (Å²) >= 11 is 1.67. The molecule has 1 aromatic heterocycles. The molecule has 1 amide bonds. The molecule has 0 bridgehead atoms. The highest BCUT2D eigenvalue weighted by Crippen LogP contribution is 2.16. The van der Waals surface area contributed by atoms with Crippen LogP contribution >= 0.6 is 11.3 Å². The molecule has 2 N–H and O–H groups in total. The van der Waals surface area contributed by atoms with Crippen LogP contribution in [0.2, 0.25) is 0 Å². The van der Waals surface area contributed by atoms with Gasteiger partial charge in [0.1, 0.15) is 0 Å². The molecule has 124 valence electrons. The van der Waals surface area contributed by atoms with Gasteiger partial charge in [-0.2, -0.15) is 0 Å². The third-order valence-corrected chi connectivity index (χ3v) is 4.70. The van der Waals surface area contributed by atoms with Crippen LogP contribution in [0.5, 0.6) is 0 Å². The largest absolute Gasteiger partial charge is 0.389 e. The van der Waals surface area contributed by atoms with Gasteiger partial charge in [0, 0.05) is 31.4 Å². The first-order valence-electron chi connectivity index (χ1n) is 7.88. The standard InChI is InChI=1S/C16H26N2O3S/c1-13(19)17-8-14-4-2-6-18(9-14)10-15(20)11-21-12-16-5-3-7-22-16/h3,5,7,14-15,20H,2,4,6,8-12H2,1H3,(H,17,19). The van der Waals surface area contributed by atoms with Crippen LogP contribution in [0.1, 0.15) is 24.6 Å². The number of β-amino-alcohol motifs (C(OH)–C–C–N with tert-alkyl or cyclic N) is 1. The van der Waals surface area contributed by atoms with E-state index in [1.165, 1.54) is 4.88 Å². The van der Waals surface area contributed by atoms with E-state index in [0.717, 1.165) is 32.5 Å². The number of carbonyl (C=O) groups excluding carboxylic acids is 1. The van der Waals surface area contributed by atoms with Gasteiger partial charge >= 0.3 is 0 Å². The van der Waals surface area contributed by atoms with Crippen molar-refractivity contribution in [2.75, 3.05) is 32.8 Å². The van der Waals surface area contributed by atoms with E-state index in [2.05, 4.69) is 10.2 Å². The van der Waals surface area contributed by atoms with Crippen molar-refractivity contribution in [3.05, 3.63) is 22.4 Å². The van der Waals surface area contributed by atoms with Gasteiger partial charge in [-0.25, -0.2) is 0 Å². The fraction of sp³-hybridized carbons (Fsp3) is 0.688. The number of aliphatic hydroxyl groups excluding tert-OH is 1. The number of rotatable bonds is 8. The maximum atomic E-state index is 11.0. The Morgan fingerprint density at radius 3 is 3.23 bits per heavy atom. The molecule has 1 aliphatic heterocycles. The Labute approximate surface area is 136 Å². The normalized spacial score (nSPS) is 20.7. The smallest absolute Gasteiger partial charge is 0.216 e. The van der Waals surface area contributed by atoms with E-state index < -0.39 is 6.10 Å². The Bertz CT molecular complexity index is 439. The molecule has 1 saturated heterocycles. The average molecular weight is 326 g/mol.